The fraction of sp³-hybridized carbons (Fsp3) is 0.333. The zero-order valence-corrected chi connectivity index (χ0v) is 14.4. The minimum atomic E-state index is 0.513. The number of rotatable bonds is 2. The summed E-state index contributed by atoms with van der Waals surface area (Å²) in [5, 5.41) is 2.78. The molecule has 2 saturated carbocycles. The zero-order valence-electron chi connectivity index (χ0n) is 14.4. The van der Waals surface area contributed by atoms with Crippen LogP contribution in [0.3, 0.4) is 0 Å². The van der Waals surface area contributed by atoms with E-state index in [9.17, 15) is 0 Å². The average molecular weight is 312 g/mol. The highest BCUT2D eigenvalue weighted by Crippen LogP contribution is 2.55. The topological polar surface area (TPSA) is 0 Å². The summed E-state index contributed by atoms with van der Waals surface area (Å²) in [5.74, 6) is 1.01. The van der Waals surface area contributed by atoms with Crippen molar-refractivity contribution in [3.05, 3.63) is 70.1 Å². The van der Waals surface area contributed by atoms with Crippen LogP contribution in [0, 0.1) is 18.3 Å². The Morgan fingerprint density at radius 3 is 2.46 bits per heavy atom. The van der Waals surface area contributed by atoms with Crippen LogP contribution >= 0.6 is 0 Å². The summed E-state index contributed by atoms with van der Waals surface area (Å²) in [4.78, 5) is 0. The van der Waals surface area contributed by atoms with Crippen LogP contribution in [0.15, 0.2) is 54.1 Å². The van der Waals surface area contributed by atoms with E-state index < -0.39 is 0 Å². The molecule has 2 aromatic rings. The summed E-state index contributed by atoms with van der Waals surface area (Å²) in [5.41, 5.74) is 5.95. The van der Waals surface area contributed by atoms with E-state index >= 15 is 0 Å². The van der Waals surface area contributed by atoms with E-state index in [4.69, 9.17) is 0 Å². The smallest absolute Gasteiger partial charge is 0.00994 e. The molecule has 24 heavy (non-hydrogen) atoms. The second-order valence-electron chi connectivity index (χ2n) is 8.12. The molecule has 0 aliphatic heterocycles. The number of hydrogen-bond acceptors (Lipinski definition) is 0. The summed E-state index contributed by atoms with van der Waals surface area (Å²) >= 11 is 0. The van der Waals surface area contributed by atoms with Crippen LogP contribution in [0.5, 0.6) is 0 Å². The van der Waals surface area contributed by atoms with Crippen molar-refractivity contribution in [1.82, 2.24) is 0 Å². The normalized spacial score (nSPS) is 28.7. The van der Waals surface area contributed by atoms with E-state index in [-0.39, 0.29) is 0 Å². The Morgan fingerprint density at radius 1 is 0.958 bits per heavy atom. The number of aryl methyl sites for hydroxylation is 1. The molecule has 0 amide bonds. The van der Waals surface area contributed by atoms with Crippen LogP contribution in [0.4, 0.5) is 0 Å². The second-order valence-corrected chi connectivity index (χ2v) is 8.12. The molecule has 2 aromatic carbocycles. The molecule has 0 spiro atoms. The van der Waals surface area contributed by atoms with Crippen LogP contribution in [0.25, 0.3) is 23.3 Å². The van der Waals surface area contributed by atoms with Gasteiger partial charge < -0.3 is 0 Å². The van der Waals surface area contributed by atoms with Gasteiger partial charge in [0, 0.05) is 0 Å². The van der Waals surface area contributed by atoms with E-state index in [1.807, 2.05) is 0 Å². The SMILES string of the molecule is Cc1ccc(-c2cccc3c2=CC(=CC24CCC(CC2)C4)C=3)cc1. The van der Waals surface area contributed by atoms with E-state index in [0.717, 1.165) is 5.92 Å². The van der Waals surface area contributed by atoms with Crippen molar-refractivity contribution in [2.45, 2.75) is 39.0 Å². The van der Waals surface area contributed by atoms with Crippen LogP contribution in [0.2, 0.25) is 0 Å². The molecule has 0 aromatic heterocycles. The van der Waals surface area contributed by atoms with Gasteiger partial charge >= 0.3 is 0 Å². The molecule has 0 unspecified atom stereocenters. The van der Waals surface area contributed by atoms with Gasteiger partial charge in [-0.1, -0.05) is 54.1 Å². The number of fused-ring (bicyclic) bond motifs is 3. The van der Waals surface area contributed by atoms with E-state index in [1.165, 1.54) is 64.8 Å². The zero-order chi connectivity index (χ0) is 16.1. The van der Waals surface area contributed by atoms with Crippen LogP contribution in [-0.4, -0.2) is 0 Å². The quantitative estimate of drug-likeness (QED) is 0.751. The summed E-state index contributed by atoms with van der Waals surface area (Å²) in [6, 6.07) is 15.6. The third-order valence-corrected chi connectivity index (χ3v) is 6.40. The molecule has 5 rings (SSSR count). The van der Waals surface area contributed by atoms with Crippen molar-refractivity contribution < 1.29 is 0 Å². The number of hydrogen-bond donors (Lipinski definition) is 0. The highest BCUT2D eigenvalue weighted by atomic mass is 14.5. The monoisotopic (exact) mass is 312 g/mol. The van der Waals surface area contributed by atoms with Gasteiger partial charge in [0.15, 0.2) is 0 Å². The second kappa shape index (κ2) is 5.21. The van der Waals surface area contributed by atoms with Crippen molar-refractivity contribution in [2.75, 3.05) is 0 Å². The minimum Gasteiger partial charge on any atom is -0.0710 e. The lowest BCUT2D eigenvalue weighted by Crippen LogP contribution is -2.22. The van der Waals surface area contributed by atoms with Crippen molar-refractivity contribution in [3.63, 3.8) is 0 Å². The molecule has 0 saturated heterocycles. The fourth-order valence-corrected chi connectivity index (χ4v) is 5.12. The Balaban J connectivity index is 1.60. The van der Waals surface area contributed by atoms with Crippen molar-refractivity contribution in [3.8, 4) is 11.1 Å². The molecular formula is C24H24. The first-order chi connectivity index (χ1) is 11.7. The highest BCUT2D eigenvalue weighted by Gasteiger charge is 2.43. The summed E-state index contributed by atoms with van der Waals surface area (Å²) in [6.07, 6.45) is 14.6. The van der Waals surface area contributed by atoms with Gasteiger partial charge in [-0.15, -0.1) is 0 Å². The lowest BCUT2D eigenvalue weighted by Gasteiger charge is -2.22. The van der Waals surface area contributed by atoms with Gasteiger partial charge in [0.1, 0.15) is 0 Å². The minimum absolute atomic E-state index is 0.513. The van der Waals surface area contributed by atoms with Gasteiger partial charge in [-0.05, 0) is 89.7 Å². The van der Waals surface area contributed by atoms with Gasteiger partial charge in [0.05, 0.1) is 0 Å². The molecule has 0 nitrogen and oxygen atoms in total. The van der Waals surface area contributed by atoms with Gasteiger partial charge in [0.2, 0.25) is 0 Å². The Labute approximate surface area is 144 Å². The maximum atomic E-state index is 2.61. The average Bonchev–Trinajstić information content (AvgIpc) is 3.28. The maximum Gasteiger partial charge on any atom is -0.00994 e. The molecule has 0 radical (unpaired) electrons. The van der Waals surface area contributed by atoms with Crippen LogP contribution in [0.1, 0.15) is 37.7 Å². The molecule has 3 aliphatic carbocycles. The van der Waals surface area contributed by atoms with E-state index in [0.29, 0.717) is 5.41 Å². The molecule has 3 aliphatic rings. The molecule has 2 bridgehead atoms. The Bertz CT molecular complexity index is 933. The first kappa shape index (κ1) is 14.3. The highest BCUT2D eigenvalue weighted by molar-refractivity contribution is 5.78. The maximum absolute atomic E-state index is 2.61. The molecule has 2 fully saturated rings. The summed E-state index contributed by atoms with van der Waals surface area (Å²) < 4.78 is 0. The van der Waals surface area contributed by atoms with Crippen LogP contribution in [-0.2, 0) is 0 Å². The van der Waals surface area contributed by atoms with Crippen molar-refractivity contribution in [2.24, 2.45) is 11.3 Å². The third kappa shape index (κ3) is 2.28. The van der Waals surface area contributed by atoms with Gasteiger partial charge in [0.25, 0.3) is 0 Å². The Hall–Kier alpha value is -2.08. The molecule has 0 atom stereocenters. The lowest BCUT2D eigenvalue weighted by atomic mass is 9.82. The predicted octanol–water partition coefficient (Wildman–Crippen LogP) is 4.74. The predicted molar refractivity (Wildman–Crippen MR) is 102 cm³/mol. The van der Waals surface area contributed by atoms with Gasteiger partial charge in [-0.2, -0.15) is 0 Å². The molecule has 120 valence electrons. The Kier molecular flexibility index (Phi) is 3.10. The van der Waals surface area contributed by atoms with Gasteiger partial charge in [-0.25, -0.2) is 0 Å². The number of benzene rings is 2. The van der Waals surface area contributed by atoms with Crippen molar-refractivity contribution in [1.29, 1.82) is 0 Å². The Morgan fingerprint density at radius 2 is 1.75 bits per heavy atom. The summed E-state index contributed by atoms with van der Waals surface area (Å²) in [6.45, 7) is 2.15. The largest absolute Gasteiger partial charge is 0.0710 e. The molecule has 0 heteroatoms. The van der Waals surface area contributed by atoms with E-state index in [1.54, 1.807) is 0 Å². The fourth-order valence-electron chi connectivity index (χ4n) is 5.12. The van der Waals surface area contributed by atoms with Crippen molar-refractivity contribution >= 4 is 12.2 Å². The first-order valence-electron chi connectivity index (χ1n) is 9.33. The molecular weight excluding hydrogens is 288 g/mol. The summed E-state index contributed by atoms with van der Waals surface area (Å²) in [7, 11) is 0. The first-order valence-corrected chi connectivity index (χ1v) is 9.33. The molecule has 0 heterocycles. The third-order valence-electron chi connectivity index (χ3n) is 6.40. The van der Waals surface area contributed by atoms with E-state index in [2.05, 4.69) is 67.6 Å². The number of allylic oxidation sites excluding steroid dienone is 2. The standard InChI is InChI=1S/C24H24/c1-17-5-7-20(8-6-17)22-4-2-3-21-13-19(14-23(21)22)16-24-11-9-18(15-24)10-12-24/h2-8,13-14,16,18H,9-12,15H2,1H3. The lowest BCUT2D eigenvalue weighted by molar-refractivity contribution is 0.383. The molecule has 0 N–H and O–H groups in total. The van der Waals surface area contributed by atoms with Crippen LogP contribution < -0.4 is 10.4 Å². The van der Waals surface area contributed by atoms with Gasteiger partial charge in [-0.3, -0.25) is 0 Å².